The Balaban J connectivity index is 2.60. The van der Waals surface area contributed by atoms with E-state index in [0.29, 0.717) is 6.04 Å². The van der Waals surface area contributed by atoms with E-state index in [0.717, 1.165) is 31.5 Å². The Hall–Kier alpha value is -0.930. The topological polar surface area (TPSA) is 45.1 Å². The van der Waals surface area contributed by atoms with Crippen molar-refractivity contribution in [3.63, 3.8) is 0 Å². The third kappa shape index (κ3) is 6.17. The second-order valence-electron chi connectivity index (χ2n) is 6.19. The van der Waals surface area contributed by atoms with Crippen LogP contribution in [-0.4, -0.2) is 22.7 Å². The number of nitrogens with zero attached hydrogens (tertiary/aromatic N) is 1. The van der Waals surface area contributed by atoms with Crippen LogP contribution in [-0.2, 0) is 0 Å². The van der Waals surface area contributed by atoms with Crippen molar-refractivity contribution in [1.82, 2.24) is 10.3 Å². The first-order valence-electron chi connectivity index (χ1n) is 7.27. The fourth-order valence-electron chi connectivity index (χ4n) is 2.50. The smallest absolute Gasteiger partial charge is 0.0573 e. The van der Waals surface area contributed by atoms with E-state index in [1.165, 1.54) is 0 Å². The fourth-order valence-corrected chi connectivity index (χ4v) is 2.50. The Morgan fingerprint density at radius 2 is 2.11 bits per heavy atom. The van der Waals surface area contributed by atoms with Crippen molar-refractivity contribution in [2.24, 2.45) is 5.41 Å². The minimum Gasteiger partial charge on any atom is -0.393 e. The number of pyridine rings is 1. The predicted octanol–water partition coefficient (Wildman–Crippen LogP) is 3.31. The number of aromatic nitrogens is 1. The zero-order valence-electron chi connectivity index (χ0n) is 12.7. The summed E-state index contributed by atoms with van der Waals surface area (Å²) in [6.45, 7) is 9.31. The first-order valence-corrected chi connectivity index (χ1v) is 7.27. The lowest BCUT2D eigenvalue weighted by atomic mass is 9.86. The highest BCUT2D eigenvalue weighted by atomic mass is 16.3. The van der Waals surface area contributed by atoms with Crippen LogP contribution in [0.25, 0.3) is 0 Å². The van der Waals surface area contributed by atoms with Crippen LogP contribution in [0.15, 0.2) is 24.4 Å². The summed E-state index contributed by atoms with van der Waals surface area (Å²) in [4.78, 5) is 4.45. The van der Waals surface area contributed by atoms with E-state index in [9.17, 15) is 5.11 Å². The molecular weight excluding hydrogens is 236 g/mol. The van der Waals surface area contributed by atoms with Gasteiger partial charge >= 0.3 is 0 Å². The Morgan fingerprint density at radius 1 is 1.37 bits per heavy atom. The molecule has 108 valence electrons. The van der Waals surface area contributed by atoms with E-state index in [1.54, 1.807) is 0 Å². The Morgan fingerprint density at radius 3 is 2.63 bits per heavy atom. The molecule has 3 heteroatoms. The van der Waals surface area contributed by atoms with Gasteiger partial charge in [-0.25, -0.2) is 0 Å². The zero-order chi connectivity index (χ0) is 14.3. The predicted molar refractivity (Wildman–Crippen MR) is 80.0 cm³/mol. The van der Waals surface area contributed by atoms with Crippen molar-refractivity contribution in [3.8, 4) is 0 Å². The Labute approximate surface area is 117 Å². The molecule has 0 saturated carbocycles. The SMILES string of the molecule is CCCC(NCC(C)(C)CC(C)O)c1ccccn1. The van der Waals surface area contributed by atoms with Crippen molar-refractivity contribution in [2.45, 2.75) is 59.1 Å². The summed E-state index contributed by atoms with van der Waals surface area (Å²) in [6.07, 6.45) is 4.62. The molecule has 0 aliphatic heterocycles. The molecule has 0 amide bonds. The average molecular weight is 264 g/mol. The van der Waals surface area contributed by atoms with Crippen LogP contribution < -0.4 is 5.32 Å². The van der Waals surface area contributed by atoms with Gasteiger partial charge in [0.25, 0.3) is 0 Å². The standard InChI is InChI=1S/C16H28N2O/c1-5-8-14(15-9-6-7-10-17-15)18-12-16(3,4)11-13(2)19/h6-7,9-10,13-14,18-19H,5,8,11-12H2,1-4H3. The average Bonchev–Trinajstić information content (AvgIpc) is 2.34. The molecule has 1 aromatic heterocycles. The van der Waals surface area contributed by atoms with E-state index in [4.69, 9.17) is 0 Å². The van der Waals surface area contributed by atoms with Crippen LogP contribution in [0.3, 0.4) is 0 Å². The van der Waals surface area contributed by atoms with Gasteiger partial charge in [0.05, 0.1) is 11.8 Å². The molecular formula is C16H28N2O. The first kappa shape index (κ1) is 16.1. The fraction of sp³-hybridized carbons (Fsp3) is 0.688. The highest BCUT2D eigenvalue weighted by Gasteiger charge is 2.22. The zero-order valence-corrected chi connectivity index (χ0v) is 12.7. The Bertz CT molecular complexity index is 349. The molecule has 2 atom stereocenters. The van der Waals surface area contributed by atoms with E-state index >= 15 is 0 Å². The van der Waals surface area contributed by atoms with Crippen LogP contribution in [0.5, 0.6) is 0 Å². The second-order valence-corrected chi connectivity index (χ2v) is 6.19. The molecule has 0 spiro atoms. The van der Waals surface area contributed by atoms with Crippen LogP contribution >= 0.6 is 0 Å². The summed E-state index contributed by atoms with van der Waals surface area (Å²) < 4.78 is 0. The van der Waals surface area contributed by atoms with Gasteiger partial charge < -0.3 is 10.4 Å². The van der Waals surface area contributed by atoms with E-state index in [1.807, 2.05) is 25.3 Å². The lowest BCUT2D eigenvalue weighted by molar-refractivity contribution is 0.126. The van der Waals surface area contributed by atoms with E-state index in [2.05, 4.69) is 37.1 Å². The maximum atomic E-state index is 9.53. The van der Waals surface area contributed by atoms with Crippen LogP contribution in [0.2, 0.25) is 0 Å². The number of rotatable bonds is 8. The van der Waals surface area contributed by atoms with Crippen molar-refractivity contribution in [1.29, 1.82) is 0 Å². The quantitative estimate of drug-likeness (QED) is 0.757. The molecule has 19 heavy (non-hydrogen) atoms. The summed E-state index contributed by atoms with van der Waals surface area (Å²) in [5.41, 5.74) is 1.20. The van der Waals surface area contributed by atoms with Crippen molar-refractivity contribution >= 4 is 0 Å². The molecule has 2 N–H and O–H groups in total. The number of hydrogen-bond acceptors (Lipinski definition) is 3. The molecule has 1 rings (SSSR count). The monoisotopic (exact) mass is 264 g/mol. The minimum atomic E-state index is -0.253. The molecule has 0 radical (unpaired) electrons. The van der Waals surface area contributed by atoms with Crippen LogP contribution in [0.4, 0.5) is 0 Å². The van der Waals surface area contributed by atoms with E-state index in [-0.39, 0.29) is 11.5 Å². The van der Waals surface area contributed by atoms with Gasteiger partial charge in [0.2, 0.25) is 0 Å². The summed E-state index contributed by atoms with van der Waals surface area (Å²) in [7, 11) is 0. The largest absolute Gasteiger partial charge is 0.393 e. The first-order chi connectivity index (χ1) is 8.94. The highest BCUT2D eigenvalue weighted by Crippen LogP contribution is 2.24. The van der Waals surface area contributed by atoms with Crippen LogP contribution in [0.1, 0.15) is 58.7 Å². The highest BCUT2D eigenvalue weighted by molar-refractivity contribution is 5.08. The van der Waals surface area contributed by atoms with Gasteiger partial charge in [0.1, 0.15) is 0 Å². The normalized spacial score (nSPS) is 15.2. The molecule has 0 aliphatic rings. The molecule has 2 unspecified atom stereocenters. The second kappa shape index (κ2) is 7.61. The number of nitrogens with one attached hydrogen (secondary N) is 1. The third-order valence-corrected chi connectivity index (χ3v) is 3.30. The lowest BCUT2D eigenvalue weighted by Crippen LogP contribution is -2.34. The van der Waals surface area contributed by atoms with Gasteiger partial charge in [-0.15, -0.1) is 0 Å². The summed E-state index contributed by atoms with van der Waals surface area (Å²) >= 11 is 0. The number of aliphatic hydroxyl groups is 1. The van der Waals surface area contributed by atoms with Gasteiger partial charge in [-0.3, -0.25) is 4.98 Å². The molecule has 0 aromatic carbocycles. The van der Waals surface area contributed by atoms with Crippen molar-refractivity contribution in [2.75, 3.05) is 6.54 Å². The maximum Gasteiger partial charge on any atom is 0.0573 e. The summed E-state index contributed by atoms with van der Waals surface area (Å²) in [6, 6.07) is 6.37. The van der Waals surface area contributed by atoms with Crippen molar-refractivity contribution < 1.29 is 5.11 Å². The van der Waals surface area contributed by atoms with Crippen molar-refractivity contribution in [3.05, 3.63) is 30.1 Å². The molecule has 0 aliphatic carbocycles. The molecule has 3 nitrogen and oxygen atoms in total. The molecule has 0 bridgehead atoms. The van der Waals surface area contributed by atoms with Crippen LogP contribution in [0, 0.1) is 5.41 Å². The van der Waals surface area contributed by atoms with Gasteiger partial charge in [-0.2, -0.15) is 0 Å². The van der Waals surface area contributed by atoms with E-state index < -0.39 is 0 Å². The molecule has 0 fully saturated rings. The van der Waals surface area contributed by atoms with Gasteiger partial charge in [-0.05, 0) is 37.3 Å². The maximum absolute atomic E-state index is 9.53. The van der Waals surface area contributed by atoms with Gasteiger partial charge in [-0.1, -0.05) is 33.3 Å². The molecule has 0 saturated heterocycles. The summed E-state index contributed by atoms with van der Waals surface area (Å²) in [5, 5.41) is 13.1. The van der Waals surface area contributed by atoms with Gasteiger partial charge in [0, 0.05) is 18.8 Å². The summed E-state index contributed by atoms with van der Waals surface area (Å²) in [5.74, 6) is 0. The molecule has 1 aromatic rings. The third-order valence-electron chi connectivity index (χ3n) is 3.30. The number of hydrogen-bond donors (Lipinski definition) is 2. The molecule has 1 heterocycles. The minimum absolute atomic E-state index is 0.0922. The Kier molecular flexibility index (Phi) is 6.46. The van der Waals surface area contributed by atoms with Gasteiger partial charge in [0.15, 0.2) is 0 Å². The lowest BCUT2D eigenvalue weighted by Gasteiger charge is -2.29. The number of aliphatic hydroxyl groups excluding tert-OH is 1.